The molecular weight excluding hydrogens is 162 g/mol. The number of hydroxylamine groups is 1. The van der Waals surface area contributed by atoms with Gasteiger partial charge in [-0.3, -0.25) is 14.8 Å². The maximum absolute atomic E-state index is 10.6. The van der Waals surface area contributed by atoms with Gasteiger partial charge < -0.3 is 5.11 Å². The van der Waals surface area contributed by atoms with Crippen LogP contribution in [0.3, 0.4) is 0 Å². The van der Waals surface area contributed by atoms with E-state index in [1.54, 1.807) is 6.92 Å². The van der Waals surface area contributed by atoms with Crippen molar-refractivity contribution >= 4 is 11.9 Å². The van der Waals surface area contributed by atoms with E-state index >= 15 is 0 Å². The molecule has 0 radical (unpaired) electrons. The average molecular weight is 175 g/mol. The molecule has 0 bridgehead atoms. The van der Waals surface area contributed by atoms with Crippen LogP contribution in [0.5, 0.6) is 0 Å². The lowest BCUT2D eigenvalue weighted by Crippen LogP contribution is -2.21. The van der Waals surface area contributed by atoms with Gasteiger partial charge >= 0.3 is 5.97 Å². The van der Waals surface area contributed by atoms with Gasteiger partial charge in [0.25, 0.3) is 0 Å². The van der Waals surface area contributed by atoms with Crippen molar-refractivity contribution in [3.05, 3.63) is 0 Å². The van der Waals surface area contributed by atoms with Gasteiger partial charge in [0, 0.05) is 12.8 Å². The van der Waals surface area contributed by atoms with Crippen LogP contribution in [0.15, 0.2) is 0 Å². The molecule has 0 heterocycles. The highest BCUT2D eigenvalue weighted by molar-refractivity contribution is 5.74. The molecular formula is C7H13NO4. The number of amides is 1. The van der Waals surface area contributed by atoms with Crippen molar-refractivity contribution in [2.75, 3.05) is 0 Å². The summed E-state index contributed by atoms with van der Waals surface area (Å²) in [6.45, 7) is 1.76. The second-order valence-corrected chi connectivity index (χ2v) is 2.78. The van der Waals surface area contributed by atoms with E-state index < -0.39 is 11.9 Å². The van der Waals surface area contributed by atoms with Crippen LogP contribution in [0.2, 0.25) is 0 Å². The molecule has 5 nitrogen and oxygen atoms in total. The fourth-order valence-corrected chi connectivity index (χ4v) is 0.834. The van der Waals surface area contributed by atoms with Crippen molar-refractivity contribution in [1.29, 1.82) is 0 Å². The Bertz CT molecular complexity index is 169. The Balaban J connectivity index is 3.52. The summed E-state index contributed by atoms with van der Waals surface area (Å²) >= 11 is 0. The third-order valence-electron chi connectivity index (χ3n) is 1.51. The third kappa shape index (κ3) is 5.67. The summed E-state index contributed by atoms with van der Waals surface area (Å²) in [7, 11) is 0. The molecule has 0 rings (SSSR count). The molecule has 1 amide bonds. The summed E-state index contributed by atoms with van der Waals surface area (Å²) in [5.74, 6) is -1.37. The molecule has 0 aromatic carbocycles. The topological polar surface area (TPSA) is 86.6 Å². The quantitative estimate of drug-likeness (QED) is 0.416. The lowest BCUT2D eigenvalue weighted by Gasteiger charge is -2.06. The highest BCUT2D eigenvalue weighted by atomic mass is 16.5. The first-order valence-electron chi connectivity index (χ1n) is 3.71. The zero-order chi connectivity index (χ0) is 9.56. The van der Waals surface area contributed by atoms with Gasteiger partial charge in [-0.15, -0.1) is 0 Å². The van der Waals surface area contributed by atoms with E-state index in [2.05, 4.69) is 0 Å². The van der Waals surface area contributed by atoms with Gasteiger partial charge in [-0.25, -0.2) is 5.48 Å². The van der Waals surface area contributed by atoms with Crippen LogP contribution < -0.4 is 5.48 Å². The summed E-state index contributed by atoms with van der Waals surface area (Å²) in [4.78, 5) is 20.7. The first kappa shape index (κ1) is 10.9. The fraction of sp³-hybridized carbons (Fsp3) is 0.714. The van der Waals surface area contributed by atoms with Crippen molar-refractivity contribution in [2.45, 2.75) is 26.2 Å². The number of rotatable bonds is 5. The predicted molar refractivity (Wildman–Crippen MR) is 40.6 cm³/mol. The molecule has 0 aromatic rings. The van der Waals surface area contributed by atoms with Crippen LogP contribution in [0.4, 0.5) is 0 Å². The predicted octanol–water partition coefficient (Wildman–Crippen LogP) is 0.383. The van der Waals surface area contributed by atoms with E-state index in [9.17, 15) is 9.59 Å². The van der Waals surface area contributed by atoms with Gasteiger partial charge in [0.1, 0.15) is 0 Å². The van der Waals surface area contributed by atoms with Crippen LogP contribution >= 0.6 is 0 Å². The molecule has 1 atom stereocenters. The monoisotopic (exact) mass is 175 g/mol. The minimum absolute atomic E-state index is 0.0201. The van der Waals surface area contributed by atoms with E-state index in [4.69, 9.17) is 10.3 Å². The highest BCUT2D eigenvalue weighted by Gasteiger charge is 2.09. The number of carbonyl (C=O) groups is 2. The maximum Gasteiger partial charge on any atom is 0.303 e. The second-order valence-electron chi connectivity index (χ2n) is 2.78. The molecule has 0 aromatic heterocycles. The Morgan fingerprint density at radius 3 is 2.50 bits per heavy atom. The van der Waals surface area contributed by atoms with Crippen LogP contribution in [-0.4, -0.2) is 22.2 Å². The van der Waals surface area contributed by atoms with Crippen molar-refractivity contribution in [2.24, 2.45) is 5.92 Å². The minimum atomic E-state index is -0.869. The van der Waals surface area contributed by atoms with E-state index in [1.165, 1.54) is 5.48 Å². The normalized spacial score (nSPS) is 12.2. The van der Waals surface area contributed by atoms with Gasteiger partial charge in [-0.05, 0) is 12.3 Å². The smallest absolute Gasteiger partial charge is 0.303 e. The van der Waals surface area contributed by atoms with Crippen LogP contribution in [0, 0.1) is 5.92 Å². The summed E-state index contributed by atoms with van der Waals surface area (Å²) in [6.07, 6.45) is 0.659. The molecule has 0 saturated heterocycles. The zero-order valence-electron chi connectivity index (χ0n) is 6.91. The number of aliphatic carboxylic acids is 1. The molecule has 0 fully saturated rings. The van der Waals surface area contributed by atoms with Gasteiger partial charge in [0.05, 0.1) is 0 Å². The van der Waals surface area contributed by atoms with Crippen molar-refractivity contribution in [3.8, 4) is 0 Å². The molecule has 0 aliphatic heterocycles. The Labute approximate surface area is 70.3 Å². The van der Waals surface area contributed by atoms with Crippen LogP contribution in [0.25, 0.3) is 0 Å². The first-order valence-corrected chi connectivity index (χ1v) is 3.71. The van der Waals surface area contributed by atoms with Crippen LogP contribution in [0.1, 0.15) is 26.2 Å². The summed E-state index contributed by atoms with van der Waals surface area (Å²) < 4.78 is 0. The number of nitrogens with one attached hydrogen (secondary N) is 1. The van der Waals surface area contributed by atoms with E-state index in [0.717, 1.165) is 0 Å². The summed E-state index contributed by atoms with van der Waals surface area (Å²) in [5, 5.41) is 16.4. The molecule has 3 N–H and O–H groups in total. The molecule has 12 heavy (non-hydrogen) atoms. The van der Waals surface area contributed by atoms with E-state index in [1.807, 2.05) is 0 Å². The molecule has 0 aliphatic rings. The first-order chi connectivity index (χ1) is 5.56. The Hall–Kier alpha value is -1.10. The van der Waals surface area contributed by atoms with Crippen molar-refractivity contribution in [3.63, 3.8) is 0 Å². The zero-order valence-corrected chi connectivity index (χ0v) is 6.91. The van der Waals surface area contributed by atoms with Crippen molar-refractivity contribution < 1.29 is 19.9 Å². The Kier molecular flexibility index (Phi) is 5.03. The Morgan fingerprint density at radius 1 is 1.50 bits per heavy atom. The minimum Gasteiger partial charge on any atom is -0.481 e. The molecule has 70 valence electrons. The average Bonchev–Trinajstić information content (AvgIpc) is 2.00. The molecule has 5 heteroatoms. The number of hydrogen-bond acceptors (Lipinski definition) is 3. The van der Waals surface area contributed by atoms with Gasteiger partial charge in [0.2, 0.25) is 5.91 Å². The van der Waals surface area contributed by atoms with Crippen LogP contribution in [-0.2, 0) is 9.59 Å². The molecule has 0 saturated carbocycles. The fourth-order valence-electron chi connectivity index (χ4n) is 0.834. The number of carbonyl (C=O) groups excluding carboxylic acids is 1. The molecule has 0 aliphatic carbocycles. The number of hydrogen-bond donors (Lipinski definition) is 3. The van der Waals surface area contributed by atoms with E-state index in [-0.39, 0.29) is 18.8 Å². The largest absolute Gasteiger partial charge is 0.481 e. The molecule has 1 unspecified atom stereocenters. The number of carboxylic acid groups (broad SMARTS) is 1. The van der Waals surface area contributed by atoms with E-state index in [0.29, 0.717) is 6.42 Å². The lowest BCUT2D eigenvalue weighted by atomic mass is 10.0. The van der Waals surface area contributed by atoms with Gasteiger partial charge in [-0.1, -0.05) is 6.92 Å². The standard InChI is InChI=1S/C7H13NO4/c1-5(2-3-7(10)11)4-6(9)8-12/h5,12H,2-4H2,1H3,(H,8,9)(H,10,11). The Morgan fingerprint density at radius 2 is 2.08 bits per heavy atom. The lowest BCUT2D eigenvalue weighted by molar-refractivity contribution is -0.138. The second kappa shape index (κ2) is 5.54. The van der Waals surface area contributed by atoms with Gasteiger partial charge in [0.15, 0.2) is 0 Å². The molecule has 0 spiro atoms. The summed E-state index contributed by atoms with van der Waals surface area (Å²) in [5.41, 5.74) is 1.50. The van der Waals surface area contributed by atoms with Crippen molar-refractivity contribution in [1.82, 2.24) is 5.48 Å². The highest BCUT2D eigenvalue weighted by Crippen LogP contribution is 2.09. The van der Waals surface area contributed by atoms with Gasteiger partial charge in [-0.2, -0.15) is 0 Å². The number of carboxylic acids is 1. The summed E-state index contributed by atoms with van der Waals surface area (Å²) in [6, 6.07) is 0. The third-order valence-corrected chi connectivity index (χ3v) is 1.51. The maximum atomic E-state index is 10.6. The SMILES string of the molecule is CC(CCC(=O)O)CC(=O)NO.